The Bertz CT molecular complexity index is 1100. The molecule has 3 aromatic rings. The molecule has 2 aromatic carbocycles. The van der Waals surface area contributed by atoms with Gasteiger partial charge in [-0.3, -0.25) is 4.79 Å². The third-order valence-corrected chi connectivity index (χ3v) is 5.10. The first-order chi connectivity index (χ1) is 14.3. The van der Waals surface area contributed by atoms with Crippen LogP contribution in [0, 0.1) is 0 Å². The Morgan fingerprint density at radius 3 is 2.60 bits per heavy atom. The van der Waals surface area contributed by atoms with Gasteiger partial charge in [0.1, 0.15) is 11.4 Å². The number of aromatic nitrogens is 2. The number of halogens is 3. The highest BCUT2D eigenvalue weighted by atomic mass is 19.4. The van der Waals surface area contributed by atoms with Crippen molar-refractivity contribution in [1.82, 2.24) is 15.5 Å². The number of rotatable bonds is 4. The van der Waals surface area contributed by atoms with Crippen molar-refractivity contribution >= 4 is 22.5 Å². The zero-order valence-electron chi connectivity index (χ0n) is 15.8. The number of nitrogens with zero attached hydrogens (tertiary/aromatic N) is 2. The molecule has 6 nitrogen and oxygen atoms in total. The van der Waals surface area contributed by atoms with E-state index in [1.807, 2.05) is 12.1 Å². The molecule has 0 aliphatic carbocycles. The molecule has 0 unspecified atom stereocenters. The van der Waals surface area contributed by atoms with E-state index in [0.29, 0.717) is 35.6 Å². The van der Waals surface area contributed by atoms with Crippen LogP contribution in [0.5, 0.6) is 5.75 Å². The van der Waals surface area contributed by atoms with E-state index < -0.39 is 17.5 Å². The van der Waals surface area contributed by atoms with Gasteiger partial charge in [-0.25, -0.2) is 0 Å². The number of benzene rings is 2. The van der Waals surface area contributed by atoms with Gasteiger partial charge in [-0.1, -0.05) is 24.3 Å². The number of aromatic hydroxyl groups is 1. The third-order valence-electron chi connectivity index (χ3n) is 5.10. The lowest BCUT2D eigenvalue weighted by molar-refractivity contribution is -0.137. The van der Waals surface area contributed by atoms with Gasteiger partial charge in [-0.15, -0.1) is 10.2 Å². The molecule has 9 heteroatoms. The normalized spacial score (nSPS) is 17.0. The van der Waals surface area contributed by atoms with Gasteiger partial charge < -0.3 is 15.7 Å². The van der Waals surface area contributed by atoms with E-state index >= 15 is 0 Å². The van der Waals surface area contributed by atoms with Gasteiger partial charge >= 0.3 is 6.18 Å². The number of amides is 1. The summed E-state index contributed by atoms with van der Waals surface area (Å²) in [6.07, 6.45) is -2.32. The average Bonchev–Trinajstić information content (AvgIpc) is 2.71. The Labute approximate surface area is 170 Å². The van der Waals surface area contributed by atoms with Crippen LogP contribution in [0.1, 0.15) is 24.8 Å². The number of piperidine rings is 1. The lowest BCUT2D eigenvalue weighted by Crippen LogP contribution is -2.42. The van der Waals surface area contributed by atoms with Crippen molar-refractivity contribution < 1.29 is 23.1 Å². The van der Waals surface area contributed by atoms with Crippen molar-refractivity contribution in [3.63, 3.8) is 0 Å². The SMILES string of the molecule is O=C1CCC[C@@H](CNc2nnc(-c3ccc(C(F)(F)F)cc3O)c3ccccc23)N1. The molecule has 4 rings (SSSR count). The number of anilines is 1. The summed E-state index contributed by atoms with van der Waals surface area (Å²) in [7, 11) is 0. The molecule has 1 aromatic heterocycles. The molecule has 1 fully saturated rings. The second kappa shape index (κ2) is 7.81. The van der Waals surface area contributed by atoms with Gasteiger partial charge in [0, 0.05) is 35.3 Å². The van der Waals surface area contributed by atoms with Gasteiger partial charge in [-0.2, -0.15) is 13.2 Å². The lowest BCUT2D eigenvalue weighted by Gasteiger charge is -2.23. The third kappa shape index (κ3) is 4.00. The largest absolute Gasteiger partial charge is 0.507 e. The minimum atomic E-state index is -4.55. The Balaban J connectivity index is 1.67. The zero-order valence-corrected chi connectivity index (χ0v) is 15.8. The van der Waals surface area contributed by atoms with Crippen LogP contribution in [0.25, 0.3) is 22.0 Å². The van der Waals surface area contributed by atoms with Gasteiger partial charge in [0.15, 0.2) is 5.82 Å². The molecule has 156 valence electrons. The van der Waals surface area contributed by atoms with Crippen molar-refractivity contribution in [2.24, 2.45) is 0 Å². The van der Waals surface area contributed by atoms with Crippen molar-refractivity contribution in [2.45, 2.75) is 31.5 Å². The molecule has 0 radical (unpaired) electrons. The van der Waals surface area contributed by atoms with E-state index in [-0.39, 0.29) is 23.2 Å². The molecule has 3 N–H and O–H groups in total. The van der Waals surface area contributed by atoms with Crippen LogP contribution in [-0.4, -0.2) is 33.8 Å². The first-order valence-electron chi connectivity index (χ1n) is 9.52. The van der Waals surface area contributed by atoms with Crippen molar-refractivity contribution in [1.29, 1.82) is 0 Å². The Kier molecular flexibility index (Phi) is 5.19. The molecule has 1 atom stereocenters. The van der Waals surface area contributed by atoms with Crippen LogP contribution in [0.2, 0.25) is 0 Å². The number of fused-ring (bicyclic) bond motifs is 1. The zero-order chi connectivity index (χ0) is 21.3. The fourth-order valence-corrected chi connectivity index (χ4v) is 3.60. The van der Waals surface area contributed by atoms with Gasteiger partial charge in [-0.05, 0) is 31.0 Å². The molecule has 0 spiro atoms. The van der Waals surface area contributed by atoms with Crippen LogP contribution < -0.4 is 10.6 Å². The standard InChI is InChI=1S/C21H19F3N4O2/c22-21(23,24)12-8-9-16(17(29)10-12)19-14-5-1-2-6-15(14)20(28-27-19)25-11-13-4-3-7-18(30)26-13/h1-2,5-6,8-10,13,29H,3-4,7,11H2,(H,25,28)(H,26,30)/t13-/m0/s1. The van der Waals surface area contributed by atoms with E-state index in [9.17, 15) is 23.1 Å². The Morgan fingerprint density at radius 2 is 1.90 bits per heavy atom. The fourth-order valence-electron chi connectivity index (χ4n) is 3.60. The molecular weight excluding hydrogens is 397 g/mol. The topological polar surface area (TPSA) is 87.1 Å². The number of phenols is 1. The predicted molar refractivity (Wildman–Crippen MR) is 106 cm³/mol. The molecule has 1 amide bonds. The smallest absolute Gasteiger partial charge is 0.416 e. The molecule has 1 saturated heterocycles. The van der Waals surface area contributed by atoms with Crippen molar-refractivity contribution in [3.8, 4) is 17.0 Å². The highest BCUT2D eigenvalue weighted by Crippen LogP contribution is 2.38. The average molecular weight is 416 g/mol. The van der Waals surface area contributed by atoms with E-state index in [1.54, 1.807) is 12.1 Å². The second-order valence-corrected chi connectivity index (χ2v) is 7.21. The van der Waals surface area contributed by atoms with Crippen molar-refractivity contribution in [2.75, 3.05) is 11.9 Å². The number of alkyl halides is 3. The summed E-state index contributed by atoms with van der Waals surface area (Å²) >= 11 is 0. The minimum absolute atomic E-state index is 0.00885. The first-order valence-corrected chi connectivity index (χ1v) is 9.52. The number of phenolic OH excluding ortho intramolecular Hbond substituents is 1. The van der Waals surface area contributed by atoms with E-state index in [1.165, 1.54) is 6.07 Å². The second-order valence-electron chi connectivity index (χ2n) is 7.21. The highest BCUT2D eigenvalue weighted by Gasteiger charge is 2.31. The number of carbonyl (C=O) groups excluding carboxylic acids is 1. The maximum atomic E-state index is 12.9. The highest BCUT2D eigenvalue weighted by molar-refractivity contribution is 6.00. The predicted octanol–water partition coefficient (Wildman–Crippen LogP) is 4.10. The minimum Gasteiger partial charge on any atom is -0.507 e. The Hall–Kier alpha value is -3.36. The lowest BCUT2D eigenvalue weighted by atomic mass is 10.0. The summed E-state index contributed by atoms with van der Waals surface area (Å²) in [6, 6.07) is 9.95. The number of hydrogen-bond acceptors (Lipinski definition) is 5. The summed E-state index contributed by atoms with van der Waals surface area (Å²) < 4.78 is 38.7. The maximum absolute atomic E-state index is 12.9. The van der Waals surface area contributed by atoms with Gasteiger partial charge in [0.25, 0.3) is 0 Å². The number of hydrogen-bond donors (Lipinski definition) is 3. The van der Waals surface area contributed by atoms with Gasteiger partial charge in [0.2, 0.25) is 5.91 Å². The van der Waals surface area contributed by atoms with Crippen molar-refractivity contribution in [3.05, 3.63) is 48.0 Å². The summed E-state index contributed by atoms with van der Waals surface area (Å²) in [5.41, 5.74) is -0.486. The molecule has 30 heavy (non-hydrogen) atoms. The fraction of sp³-hybridized carbons (Fsp3) is 0.286. The van der Waals surface area contributed by atoms with Crippen LogP contribution in [0.4, 0.5) is 19.0 Å². The summed E-state index contributed by atoms with van der Waals surface area (Å²) in [4.78, 5) is 11.6. The molecule has 2 heterocycles. The van der Waals surface area contributed by atoms with Crippen LogP contribution in [0.15, 0.2) is 42.5 Å². The number of carbonyl (C=O) groups is 1. The monoisotopic (exact) mass is 416 g/mol. The first kappa shape index (κ1) is 19.9. The van der Waals surface area contributed by atoms with E-state index in [0.717, 1.165) is 18.9 Å². The summed E-state index contributed by atoms with van der Waals surface area (Å²) in [5.74, 6) is 0.00704. The number of nitrogens with one attached hydrogen (secondary N) is 2. The molecule has 1 aliphatic heterocycles. The van der Waals surface area contributed by atoms with E-state index in [2.05, 4.69) is 20.8 Å². The molecule has 1 aliphatic rings. The van der Waals surface area contributed by atoms with Crippen LogP contribution >= 0.6 is 0 Å². The quantitative estimate of drug-likeness (QED) is 0.596. The van der Waals surface area contributed by atoms with Crippen LogP contribution in [0.3, 0.4) is 0 Å². The summed E-state index contributed by atoms with van der Waals surface area (Å²) in [5, 5.41) is 26.0. The van der Waals surface area contributed by atoms with Gasteiger partial charge in [0.05, 0.1) is 5.56 Å². The van der Waals surface area contributed by atoms with Crippen LogP contribution in [-0.2, 0) is 11.0 Å². The molecular formula is C21H19F3N4O2. The van der Waals surface area contributed by atoms with E-state index in [4.69, 9.17) is 0 Å². The molecule has 0 bridgehead atoms. The molecule has 0 saturated carbocycles. The Morgan fingerprint density at radius 1 is 1.13 bits per heavy atom. The maximum Gasteiger partial charge on any atom is 0.416 e. The summed E-state index contributed by atoms with van der Waals surface area (Å²) in [6.45, 7) is 0.481.